The van der Waals surface area contributed by atoms with Crippen molar-refractivity contribution in [2.75, 3.05) is 12.4 Å². The molecule has 4 nitrogen and oxygen atoms in total. The van der Waals surface area contributed by atoms with Crippen LogP contribution in [-0.2, 0) is 0 Å². The zero-order chi connectivity index (χ0) is 14.1. The fourth-order valence-electron chi connectivity index (χ4n) is 1.67. The van der Waals surface area contributed by atoms with E-state index in [1.807, 2.05) is 11.4 Å². The number of nitrogens with zero attached hydrogens (tertiary/aromatic N) is 2. The van der Waals surface area contributed by atoms with Gasteiger partial charge in [0.1, 0.15) is 10.6 Å². The lowest BCUT2D eigenvalue weighted by molar-refractivity contribution is 0.452. The van der Waals surface area contributed by atoms with Crippen LogP contribution >= 0.6 is 11.3 Å². The molecule has 0 aliphatic rings. The van der Waals surface area contributed by atoms with Gasteiger partial charge >= 0.3 is 0 Å². The average Bonchev–Trinajstić information content (AvgIpc) is 2.91. The third kappa shape index (κ3) is 2.27. The summed E-state index contributed by atoms with van der Waals surface area (Å²) >= 11 is 1.44. The normalized spacial score (nSPS) is 10.8. The molecule has 0 fully saturated rings. The Morgan fingerprint density at radius 3 is 2.75 bits per heavy atom. The Balaban J connectivity index is 2.04. The molecular formula is C13H9F2N3OS. The van der Waals surface area contributed by atoms with Crippen LogP contribution in [0.3, 0.4) is 0 Å². The second-order valence-corrected chi connectivity index (χ2v) is 4.81. The van der Waals surface area contributed by atoms with Gasteiger partial charge < -0.3 is 10.1 Å². The van der Waals surface area contributed by atoms with Gasteiger partial charge in [-0.2, -0.15) is 4.98 Å². The number of anilines is 1. The van der Waals surface area contributed by atoms with Crippen molar-refractivity contribution < 1.29 is 13.5 Å². The first-order valence-corrected chi connectivity index (χ1v) is 6.61. The molecule has 0 saturated heterocycles. The number of nitrogens with one attached hydrogen (secondary N) is 1. The van der Waals surface area contributed by atoms with Gasteiger partial charge in [0, 0.05) is 13.1 Å². The molecule has 0 aliphatic carbocycles. The zero-order valence-electron chi connectivity index (χ0n) is 10.4. The van der Waals surface area contributed by atoms with Gasteiger partial charge in [-0.1, -0.05) is 0 Å². The molecule has 0 atom stereocenters. The number of thiophene rings is 1. The Morgan fingerprint density at radius 1 is 1.15 bits per heavy atom. The molecule has 102 valence electrons. The summed E-state index contributed by atoms with van der Waals surface area (Å²) in [5.41, 5.74) is 0. The predicted octanol–water partition coefficient (Wildman–Crippen LogP) is 3.80. The standard InChI is InChI=1S/C13H9F2N3OS/c1-16-13-17-11(8-4-5-20-12(8)18-13)19-7-2-3-9(14)10(15)6-7/h2-6H,1H3,(H,16,17,18). The molecule has 0 radical (unpaired) electrons. The van der Waals surface area contributed by atoms with E-state index >= 15 is 0 Å². The quantitative estimate of drug-likeness (QED) is 0.798. The summed E-state index contributed by atoms with van der Waals surface area (Å²) in [6.07, 6.45) is 0. The molecule has 1 N–H and O–H groups in total. The van der Waals surface area contributed by atoms with Crippen LogP contribution in [0.5, 0.6) is 11.6 Å². The number of hydrogen-bond acceptors (Lipinski definition) is 5. The molecule has 0 spiro atoms. The number of benzene rings is 1. The van der Waals surface area contributed by atoms with E-state index in [4.69, 9.17) is 4.74 Å². The van der Waals surface area contributed by atoms with Crippen LogP contribution in [0.4, 0.5) is 14.7 Å². The molecule has 3 aromatic rings. The molecule has 0 amide bonds. The SMILES string of the molecule is CNc1nc(Oc2ccc(F)c(F)c2)c2ccsc2n1. The molecule has 20 heavy (non-hydrogen) atoms. The van der Waals surface area contributed by atoms with E-state index in [2.05, 4.69) is 15.3 Å². The highest BCUT2D eigenvalue weighted by Crippen LogP contribution is 2.31. The summed E-state index contributed by atoms with van der Waals surface area (Å²) in [6.45, 7) is 0. The number of aromatic nitrogens is 2. The summed E-state index contributed by atoms with van der Waals surface area (Å²) in [6, 6.07) is 5.15. The lowest BCUT2D eigenvalue weighted by Crippen LogP contribution is -1.98. The minimum atomic E-state index is -0.966. The minimum absolute atomic E-state index is 0.178. The van der Waals surface area contributed by atoms with Crippen molar-refractivity contribution in [3.63, 3.8) is 0 Å². The Labute approximate surface area is 117 Å². The van der Waals surface area contributed by atoms with Crippen molar-refractivity contribution in [1.29, 1.82) is 0 Å². The van der Waals surface area contributed by atoms with E-state index < -0.39 is 11.6 Å². The molecule has 0 aliphatic heterocycles. The van der Waals surface area contributed by atoms with Gasteiger partial charge in [0.05, 0.1) is 5.39 Å². The fourth-order valence-corrected chi connectivity index (χ4v) is 2.42. The van der Waals surface area contributed by atoms with Crippen LogP contribution in [0.15, 0.2) is 29.6 Å². The van der Waals surface area contributed by atoms with Crippen molar-refractivity contribution >= 4 is 27.5 Å². The van der Waals surface area contributed by atoms with E-state index in [9.17, 15) is 8.78 Å². The lowest BCUT2D eigenvalue weighted by Gasteiger charge is -2.07. The highest BCUT2D eigenvalue weighted by Gasteiger charge is 2.11. The van der Waals surface area contributed by atoms with Gasteiger partial charge in [-0.3, -0.25) is 0 Å². The molecule has 2 aromatic heterocycles. The molecule has 2 heterocycles. The van der Waals surface area contributed by atoms with E-state index in [0.717, 1.165) is 22.3 Å². The third-order valence-corrected chi connectivity index (χ3v) is 3.43. The molecule has 7 heteroatoms. The minimum Gasteiger partial charge on any atom is -0.438 e. The number of fused-ring (bicyclic) bond motifs is 1. The number of rotatable bonds is 3. The fraction of sp³-hybridized carbons (Fsp3) is 0.0769. The van der Waals surface area contributed by atoms with Crippen molar-refractivity contribution in [3.8, 4) is 11.6 Å². The third-order valence-electron chi connectivity index (χ3n) is 2.62. The maximum atomic E-state index is 13.2. The second kappa shape index (κ2) is 5.01. The van der Waals surface area contributed by atoms with Crippen LogP contribution in [0.1, 0.15) is 0 Å². The smallest absolute Gasteiger partial charge is 0.232 e. The summed E-state index contributed by atoms with van der Waals surface area (Å²) in [5, 5.41) is 5.41. The van der Waals surface area contributed by atoms with Crippen molar-refractivity contribution in [1.82, 2.24) is 9.97 Å². The van der Waals surface area contributed by atoms with Crippen LogP contribution in [-0.4, -0.2) is 17.0 Å². The number of halogens is 2. The first-order valence-electron chi connectivity index (χ1n) is 5.73. The van der Waals surface area contributed by atoms with E-state index in [1.165, 1.54) is 17.4 Å². The van der Waals surface area contributed by atoms with Gasteiger partial charge in [-0.05, 0) is 23.6 Å². The highest BCUT2D eigenvalue weighted by atomic mass is 32.1. The number of hydrogen-bond donors (Lipinski definition) is 1. The van der Waals surface area contributed by atoms with Crippen molar-refractivity contribution in [3.05, 3.63) is 41.3 Å². The second-order valence-electron chi connectivity index (χ2n) is 3.92. The van der Waals surface area contributed by atoms with Crippen molar-refractivity contribution in [2.24, 2.45) is 0 Å². The Morgan fingerprint density at radius 2 is 2.00 bits per heavy atom. The summed E-state index contributed by atoms with van der Waals surface area (Å²) in [4.78, 5) is 9.21. The molecule has 3 rings (SSSR count). The van der Waals surface area contributed by atoms with Gasteiger partial charge in [0.2, 0.25) is 11.8 Å². The summed E-state index contributed by atoms with van der Waals surface area (Å²) in [7, 11) is 1.69. The molecule has 1 aromatic carbocycles. The maximum Gasteiger partial charge on any atom is 0.232 e. The van der Waals surface area contributed by atoms with Gasteiger partial charge in [-0.15, -0.1) is 11.3 Å². The average molecular weight is 293 g/mol. The molecular weight excluding hydrogens is 284 g/mol. The predicted molar refractivity (Wildman–Crippen MR) is 73.4 cm³/mol. The Bertz CT molecular complexity index is 775. The van der Waals surface area contributed by atoms with Gasteiger partial charge in [0.15, 0.2) is 11.6 Å². The Kier molecular flexibility index (Phi) is 3.19. The molecule has 0 saturated carbocycles. The van der Waals surface area contributed by atoms with E-state index in [-0.39, 0.29) is 5.75 Å². The topological polar surface area (TPSA) is 47.0 Å². The van der Waals surface area contributed by atoms with Crippen LogP contribution < -0.4 is 10.1 Å². The highest BCUT2D eigenvalue weighted by molar-refractivity contribution is 7.16. The maximum absolute atomic E-state index is 13.2. The first kappa shape index (κ1) is 12.7. The van der Waals surface area contributed by atoms with Crippen LogP contribution in [0, 0.1) is 11.6 Å². The van der Waals surface area contributed by atoms with E-state index in [1.54, 1.807) is 7.05 Å². The van der Waals surface area contributed by atoms with Gasteiger partial charge in [0.25, 0.3) is 0 Å². The lowest BCUT2D eigenvalue weighted by atomic mass is 10.3. The molecule has 0 bridgehead atoms. The van der Waals surface area contributed by atoms with Crippen LogP contribution in [0.2, 0.25) is 0 Å². The zero-order valence-corrected chi connectivity index (χ0v) is 11.2. The van der Waals surface area contributed by atoms with Crippen molar-refractivity contribution in [2.45, 2.75) is 0 Å². The largest absolute Gasteiger partial charge is 0.438 e. The summed E-state index contributed by atoms with van der Waals surface area (Å²) < 4.78 is 31.6. The van der Waals surface area contributed by atoms with Crippen LogP contribution in [0.25, 0.3) is 10.2 Å². The Hall–Kier alpha value is -2.28. The van der Waals surface area contributed by atoms with Gasteiger partial charge in [-0.25, -0.2) is 13.8 Å². The van der Waals surface area contributed by atoms with E-state index in [0.29, 0.717) is 11.8 Å². The number of ether oxygens (including phenoxy) is 1. The molecule has 0 unspecified atom stereocenters. The monoisotopic (exact) mass is 293 g/mol. The first-order chi connectivity index (χ1) is 9.67. The summed E-state index contributed by atoms with van der Waals surface area (Å²) in [5.74, 6) is -1.01.